The Morgan fingerprint density at radius 1 is 1.34 bits per heavy atom. The number of hydrogen-bond acceptors (Lipinski definition) is 3. The van der Waals surface area contributed by atoms with Gasteiger partial charge in [0.25, 0.3) is 0 Å². The van der Waals surface area contributed by atoms with Crippen LogP contribution >= 0.6 is 11.3 Å². The molecule has 2 aromatic rings. The molecule has 2 aliphatic rings. The van der Waals surface area contributed by atoms with E-state index in [9.17, 15) is 4.39 Å². The SMILES string of the molecule is C=CCC1(F)CCC(Cn2ccc3c2/C=C(/c2sc(C)nc2C)C=NCC3)CC1. The molecule has 1 aliphatic heterocycles. The van der Waals surface area contributed by atoms with Crippen molar-refractivity contribution in [3.05, 3.63) is 51.8 Å². The van der Waals surface area contributed by atoms with Crippen molar-refractivity contribution < 1.29 is 4.39 Å². The molecule has 4 rings (SSSR count). The van der Waals surface area contributed by atoms with E-state index in [1.54, 1.807) is 17.4 Å². The first kappa shape index (κ1) is 20.3. The average Bonchev–Trinajstić information content (AvgIpc) is 3.19. The van der Waals surface area contributed by atoms with Gasteiger partial charge >= 0.3 is 0 Å². The number of aryl methyl sites for hydroxylation is 2. The Hall–Kier alpha value is -2.01. The highest BCUT2D eigenvalue weighted by Crippen LogP contribution is 2.39. The van der Waals surface area contributed by atoms with Gasteiger partial charge in [0.05, 0.1) is 15.6 Å². The minimum Gasteiger partial charge on any atom is -0.347 e. The molecule has 0 unspecified atom stereocenters. The first-order chi connectivity index (χ1) is 14.0. The molecule has 0 amide bonds. The predicted molar refractivity (Wildman–Crippen MR) is 122 cm³/mol. The number of allylic oxidation sites excluding steroid dienone is 2. The van der Waals surface area contributed by atoms with Crippen LogP contribution in [0.4, 0.5) is 4.39 Å². The molecule has 154 valence electrons. The highest BCUT2D eigenvalue weighted by molar-refractivity contribution is 7.13. The molecule has 3 nitrogen and oxygen atoms in total. The molecule has 0 spiro atoms. The molecule has 29 heavy (non-hydrogen) atoms. The zero-order valence-electron chi connectivity index (χ0n) is 17.5. The van der Waals surface area contributed by atoms with Crippen molar-refractivity contribution in [2.24, 2.45) is 10.9 Å². The number of thiazole rings is 1. The topological polar surface area (TPSA) is 30.2 Å². The smallest absolute Gasteiger partial charge is 0.114 e. The van der Waals surface area contributed by atoms with E-state index in [-0.39, 0.29) is 0 Å². The monoisotopic (exact) mass is 411 g/mol. The van der Waals surface area contributed by atoms with Gasteiger partial charge in [-0.15, -0.1) is 17.9 Å². The lowest BCUT2D eigenvalue weighted by molar-refractivity contribution is 0.0820. The molecule has 0 bridgehead atoms. The van der Waals surface area contributed by atoms with E-state index in [4.69, 9.17) is 0 Å². The maximum atomic E-state index is 14.8. The third kappa shape index (κ3) is 4.45. The fraction of sp³-hybridized carbons (Fsp3) is 0.500. The number of aromatic nitrogens is 2. The number of hydrogen-bond donors (Lipinski definition) is 0. The van der Waals surface area contributed by atoms with Crippen molar-refractivity contribution >= 4 is 29.2 Å². The van der Waals surface area contributed by atoms with E-state index in [0.29, 0.717) is 25.2 Å². The minimum absolute atomic E-state index is 0.484. The fourth-order valence-electron chi connectivity index (χ4n) is 4.65. The molecular formula is C24H30FN3S. The Labute approximate surface area is 177 Å². The van der Waals surface area contributed by atoms with Crippen molar-refractivity contribution in [1.29, 1.82) is 0 Å². The van der Waals surface area contributed by atoms with Crippen LogP contribution in [0.5, 0.6) is 0 Å². The van der Waals surface area contributed by atoms with Crippen LogP contribution in [0.3, 0.4) is 0 Å². The molecule has 0 aromatic carbocycles. The van der Waals surface area contributed by atoms with Crippen molar-refractivity contribution in [3.63, 3.8) is 0 Å². The first-order valence-corrected chi connectivity index (χ1v) is 11.4. The number of aliphatic imine (C=N–C) groups is 1. The van der Waals surface area contributed by atoms with Crippen LogP contribution < -0.4 is 0 Å². The molecule has 1 aliphatic carbocycles. The van der Waals surface area contributed by atoms with Gasteiger partial charge in [0.15, 0.2) is 0 Å². The highest BCUT2D eigenvalue weighted by atomic mass is 32.1. The van der Waals surface area contributed by atoms with Gasteiger partial charge in [0.2, 0.25) is 0 Å². The molecule has 1 saturated carbocycles. The van der Waals surface area contributed by atoms with Crippen LogP contribution in [0, 0.1) is 19.8 Å². The van der Waals surface area contributed by atoms with Gasteiger partial charge in [0.1, 0.15) is 5.67 Å². The van der Waals surface area contributed by atoms with Gasteiger partial charge < -0.3 is 4.57 Å². The molecule has 0 saturated heterocycles. The molecule has 3 heterocycles. The van der Waals surface area contributed by atoms with Crippen LogP contribution in [0.25, 0.3) is 11.6 Å². The third-order valence-electron chi connectivity index (χ3n) is 6.26. The Bertz CT molecular complexity index is 941. The van der Waals surface area contributed by atoms with Crippen molar-refractivity contribution in [2.75, 3.05) is 6.54 Å². The van der Waals surface area contributed by atoms with E-state index in [1.165, 1.54) is 16.1 Å². The Morgan fingerprint density at radius 3 is 2.83 bits per heavy atom. The number of alkyl halides is 1. The second-order valence-electron chi connectivity index (χ2n) is 8.50. The zero-order valence-corrected chi connectivity index (χ0v) is 18.3. The van der Waals surface area contributed by atoms with Gasteiger partial charge in [-0.25, -0.2) is 9.37 Å². The molecule has 5 heteroatoms. The summed E-state index contributed by atoms with van der Waals surface area (Å²) in [5.41, 5.74) is 3.81. The number of rotatable bonds is 5. The predicted octanol–water partition coefficient (Wildman–Crippen LogP) is 6.20. The van der Waals surface area contributed by atoms with Gasteiger partial charge in [0, 0.05) is 36.8 Å². The molecular weight excluding hydrogens is 381 g/mol. The Balaban J connectivity index is 1.58. The quantitative estimate of drug-likeness (QED) is 0.539. The third-order valence-corrected chi connectivity index (χ3v) is 7.38. The molecule has 0 atom stereocenters. The lowest BCUT2D eigenvalue weighted by Crippen LogP contribution is -2.30. The first-order valence-electron chi connectivity index (χ1n) is 10.6. The number of nitrogens with zero attached hydrogens (tertiary/aromatic N) is 3. The van der Waals surface area contributed by atoms with Crippen molar-refractivity contribution in [3.8, 4) is 0 Å². The standard InChI is InChI=1S/C24H30FN3S/c1-4-9-24(25)10-5-19(6-11-24)16-28-13-8-20-7-12-26-15-21(14-22(20)28)23-17(2)27-18(3)29-23/h4,8,13-15,19H,1,5-7,9-12,16H2,2-3H3/b21-14+,26-15?. The van der Waals surface area contributed by atoms with Crippen LogP contribution in [0.2, 0.25) is 0 Å². The van der Waals surface area contributed by atoms with Gasteiger partial charge in [-0.3, -0.25) is 4.99 Å². The molecule has 1 fully saturated rings. The lowest BCUT2D eigenvalue weighted by atomic mass is 9.78. The Morgan fingerprint density at radius 2 is 2.14 bits per heavy atom. The van der Waals surface area contributed by atoms with Gasteiger partial charge in [-0.1, -0.05) is 6.08 Å². The summed E-state index contributed by atoms with van der Waals surface area (Å²) in [6.45, 7) is 9.61. The summed E-state index contributed by atoms with van der Waals surface area (Å²) in [7, 11) is 0. The summed E-state index contributed by atoms with van der Waals surface area (Å²) in [6, 6.07) is 2.23. The summed E-state index contributed by atoms with van der Waals surface area (Å²) in [6.07, 6.45) is 12.9. The molecule has 0 N–H and O–H groups in total. The molecule has 2 aromatic heterocycles. The second kappa shape index (κ2) is 8.39. The maximum Gasteiger partial charge on any atom is 0.114 e. The highest BCUT2D eigenvalue weighted by Gasteiger charge is 2.34. The molecule has 0 radical (unpaired) electrons. The summed E-state index contributed by atoms with van der Waals surface area (Å²) in [5.74, 6) is 0.531. The average molecular weight is 412 g/mol. The second-order valence-corrected chi connectivity index (χ2v) is 9.70. The fourth-order valence-corrected chi connectivity index (χ4v) is 5.55. The van der Waals surface area contributed by atoms with E-state index in [0.717, 1.165) is 48.6 Å². The summed E-state index contributed by atoms with van der Waals surface area (Å²) in [5, 5.41) is 1.08. The lowest BCUT2D eigenvalue weighted by Gasteiger charge is -2.33. The van der Waals surface area contributed by atoms with Crippen LogP contribution in [0.1, 0.15) is 58.9 Å². The van der Waals surface area contributed by atoms with Crippen LogP contribution in [-0.4, -0.2) is 28.0 Å². The largest absolute Gasteiger partial charge is 0.347 e. The zero-order chi connectivity index (χ0) is 20.4. The van der Waals surface area contributed by atoms with Crippen LogP contribution in [0.15, 0.2) is 29.9 Å². The van der Waals surface area contributed by atoms with Crippen molar-refractivity contribution in [1.82, 2.24) is 9.55 Å². The van der Waals surface area contributed by atoms with Crippen molar-refractivity contribution in [2.45, 2.75) is 64.6 Å². The summed E-state index contributed by atoms with van der Waals surface area (Å²) >= 11 is 1.73. The van der Waals surface area contributed by atoms with E-state index >= 15 is 0 Å². The van der Waals surface area contributed by atoms with Crippen LogP contribution in [-0.2, 0) is 13.0 Å². The number of halogens is 1. The maximum absolute atomic E-state index is 14.8. The van der Waals surface area contributed by atoms with E-state index in [1.807, 2.05) is 6.21 Å². The normalized spacial score (nSPS) is 26.3. The van der Waals surface area contributed by atoms with E-state index in [2.05, 4.69) is 53.3 Å². The number of fused-ring (bicyclic) bond motifs is 1. The van der Waals surface area contributed by atoms with Gasteiger partial charge in [-0.05, 0) is 76.0 Å². The summed E-state index contributed by atoms with van der Waals surface area (Å²) < 4.78 is 17.1. The minimum atomic E-state index is -1.03. The Kier molecular flexibility index (Phi) is 5.86. The summed E-state index contributed by atoms with van der Waals surface area (Å²) in [4.78, 5) is 10.4. The van der Waals surface area contributed by atoms with E-state index < -0.39 is 5.67 Å². The van der Waals surface area contributed by atoms with Gasteiger partial charge in [-0.2, -0.15) is 0 Å².